The summed E-state index contributed by atoms with van der Waals surface area (Å²) in [5, 5.41) is 0.0204. The van der Waals surface area contributed by atoms with E-state index in [1.807, 2.05) is 0 Å². The van der Waals surface area contributed by atoms with Gasteiger partial charge in [0.25, 0.3) is 0 Å². The van der Waals surface area contributed by atoms with Gasteiger partial charge in [-0.2, -0.15) is 0 Å². The van der Waals surface area contributed by atoms with Gasteiger partial charge in [0.05, 0.1) is 17.7 Å². The maximum absolute atomic E-state index is 12.5. The number of esters is 1. The molecular formula is C15H15ClN2O4S. The molecule has 1 aromatic carbocycles. The Kier molecular flexibility index (Phi) is 5.35. The van der Waals surface area contributed by atoms with Crippen LogP contribution in [0, 0.1) is 0 Å². The number of nitrogens with one attached hydrogen (secondary N) is 1. The molecule has 0 saturated carbocycles. The number of rotatable bonds is 5. The molecule has 0 aliphatic heterocycles. The van der Waals surface area contributed by atoms with E-state index >= 15 is 0 Å². The second-order valence-corrected chi connectivity index (χ2v) is 6.85. The minimum atomic E-state index is -3.91. The lowest BCUT2D eigenvalue weighted by atomic mass is 10.1. The van der Waals surface area contributed by atoms with Crippen LogP contribution in [0.15, 0.2) is 47.6 Å². The SMILES string of the molecule is COC(=O)c1ccc(Cl)c(S(=O)(=O)NC(C)c2ccncc2)c1. The van der Waals surface area contributed by atoms with Crippen LogP contribution in [0.25, 0.3) is 0 Å². The number of pyridine rings is 1. The average Bonchev–Trinajstić information content (AvgIpc) is 2.54. The minimum Gasteiger partial charge on any atom is -0.465 e. The van der Waals surface area contributed by atoms with E-state index < -0.39 is 22.0 Å². The number of carbonyl (C=O) groups excluding carboxylic acids is 1. The van der Waals surface area contributed by atoms with Crippen LogP contribution in [0.2, 0.25) is 5.02 Å². The number of benzene rings is 1. The minimum absolute atomic E-state index is 0.0204. The topological polar surface area (TPSA) is 85.4 Å². The van der Waals surface area contributed by atoms with Gasteiger partial charge in [0.15, 0.2) is 0 Å². The van der Waals surface area contributed by atoms with Crippen molar-refractivity contribution < 1.29 is 17.9 Å². The molecule has 0 fully saturated rings. The van der Waals surface area contributed by atoms with Crippen molar-refractivity contribution in [3.05, 3.63) is 58.9 Å². The molecule has 0 bridgehead atoms. The Bertz CT molecular complexity index is 809. The van der Waals surface area contributed by atoms with Crippen LogP contribution in [0.5, 0.6) is 0 Å². The van der Waals surface area contributed by atoms with Crippen LogP contribution in [0.1, 0.15) is 28.9 Å². The van der Waals surface area contributed by atoms with Gasteiger partial charge in [-0.3, -0.25) is 4.98 Å². The Morgan fingerprint density at radius 3 is 2.52 bits per heavy atom. The van der Waals surface area contributed by atoms with Gasteiger partial charge in [-0.15, -0.1) is 0 Å². The normalized spacial score (nSPS) is 12.7. The van der Waals surface area contributed by atoms with E-state index in [-0.39, 0.29) is 15.5 Å². The molecule has 0 aliphatic carbocycles. The zero-order valence-corrected chi connectivity index (χ0v) is 14.1. The highest BCUT2D eigenvalue weighted by atomic mass is 35.5. The molecule has 0 amide bonds. The van der Waals surface area contributed by atoms with Crippen molar-refractivity contribution in [1.29, 1.82) is 0 Å². The van der Waals surface area contributed by atoms with Crippen molar-refractivity contribution in [3.63, 3.8) is 0 Å². The van der Waals surface area contributed by atoms with Crippen LogP contribution in [0.3, 0.4) is 0 Å². The lowest BCUT2D eigenvalue weighted by molar-refractivity contribution is 0.0600. The predicted octanol–water partition coefficient (Wildman–Crippen LogP) is 2.56. The first kappa shape index (κ1) is 17.4. The van der Waals surface area contributed by atoms with Gasteiger partial charge >= 0.3 is 5.97 Å². The third-order valence-corrected chi connectivity index (χ3v) is 5.20. The molecule has 122 valence electrons. The molecule has 0 radical (unpaired) electrons. The summed E-state index contributed by atoms with van der Waals surface area (Å²) < 4.78 is 32.2. The van der Waals surface area contributed by atoms with Crippen molar-refractivity contribution in [2.75, 3.05) is 7.11 Å². The first-order valence-corrected chi connectivity index (χ1v) is 8.51. The van der Waals surface area contributed by atoms with Crippen LogP contribution in [-0.4, -0.2) is 26.5 Å². The number of aromatic nitrogens is 1. The fraction of sp³-hybridized carbons (Fsp3) is 0.200. The van der Waals surface area contributed by atoms with Crippen molar-refractivity contribution >= 4 is 27.6 Å². The molecule has 2 rings (SSSR count). The monoisotopic (exact) mass is 354 g/mol. The zero-order valence-electron chi connectivity index (χ0n) is 12.5. The van der Waals surface area contributed by atoms with E-state index in [0.717, 1.165) is 5.56 Å². The van der Waals surface area contributed by atoms with Crippen molar-refractivity contribution in [3.8, 4) is 0 Å². The predicted molar refractivity (Wildman–Crippen MR) is 85.8 cm³/mol. The maximum atomic E-state index is 12.5. The number of methoxy groups -OCH3 is 1. The molecule has 23 heavy (non-hydrogen) atoms. The second-order valence-electron chi connectivity index (χ2n) is 4.76. The van der Waals surface area contributed by atoms with Crippen molar-refractivity contribution in [2.24, 2.45) is 0 Å². The summed E-state index contributed by atoms with van der Waals surface area (Å²) in [6, 6.07) is 6.87. The number of hydrogen-bond acceptors (Lipinski definition) is 5. The van der Waals surface area contributed by atoms with Crippen LogP contribution in [-0.2, 0) is 14.8 Å². The quantitative estimate of drug-likeness (QED) is 0.834. The first-order valence-electron chi connectivity index (χ1n) is 6.65. The van der Waals surface area contributed by atoms with E-state index in [0.29, 0.717) is 0 Å². The first-order chi connectivity index (χ1) is 10.8. The van der Waals surface area contributed by atoms with Gasteiger partial charge in [-0.1, -0.05) is 11.6 Å². The molecule has 1 unspecified atom stereocenters. The largest absolute Gasteiger partial charge is 0.465 e. The molecule has 0 saturated heterocycles. The fourth-order valence-corrected chi connectivity index (χ4v) is 3.73. The van der Waals surface area contributed by atoms with E-state index in [1.54, 1.807) is 31.5 Å². The van der Waals surface area contributed by atoms with E-state index in [4.69, 9.17) is 11.6 Å². The summed E-state index contributed by atoms with van der Waals surface area (Å²) in [6.45, 7) is 1.70. The van der Waals surface area contributed by atoms with E-state index in [9.17, 15) is 13.2 Å². The molecule has 0 spiro atoms. The summed E-state index contributed by atoms with van der Waals surface area (Å²) in [4.78, 5) is 15.3. The summed E-state index contributed by atoms with van der Waals surface area (Å²) in [5.74, 6) is -0.639. The molecule has 1 heterocycles. The summed E-state index contributed by atoms with van der Waals surface area (Å²) >= 11 is 5.98. The van der Waals surface area contributed by atoms with Gasteiger partial charge in [0, 0.05) is 18.4 Å². The Balaban J connectivity index is 2.34. The van der Waals surface area contributed by atoms with Gasteiger partial charge in [-0.05, 0) is 42.8 Å². The third kappa shape index (κ3) is 4.07. The Morgan fingerprint density at radius 1 is 1.26 bits per heavy atom. The Hall–Kier alpha value is -1.96. The Labute approximate surface area is 139 Å². The zero-order chi connectivity index (χ0) is 17.0. The highest BCUT2D eigenvalue weighted by Gasteiger charge is 2.23. The molecule has 1 atom stereocenters. The summed E-state index contributed by atoms with van der Waals surface area (Å²) in [7, 11) is -2.70. The van der Waals surface area contributed by atoms with Crippen molar-refractivity contribution in [1.82, 2.24) is 9.71 Å². The second kappa shape index (κ2) is 7.08. The van der Waals surface area contributed by atoms with Crippen LogP contribution in [0.4, 0.5) is 0 Å². The fourth-order valence-electron chi connectivity index (χ4n) is 1.97. The van der Waals surface area contributed by atoms with Gasteiger partial charge in [-0.25, -0.2) is 17.9 Å². The molecule has 8 heteroatoms. The van der Waals surface area contributed by atoms with Crippen LogP contribution >= 0.6 is 11.6 Å². The highest BCUT2D eigenvalue weighted by molar-refractivity contribution is 7.89. The molecule has 6 nitrogen and oxygen atoms in total. The van der Waals surface area contributed by atoms with E-state index in [2.05, 4.69) is 14.4 Å². The number of carbonyl (C=O) groups is 1. The molecule has 1 aromatic heterocycles. The number of hydrogen-bond donors (Lipinski definition) is 1. The average molecular weight is 355 g/mol. The third-order valence-electron chi connectivity index (χ3n) is 3.18. The maximum Gasteiger partial charge on any atom is 0.337 e. The smallest absolute Gasteiger partial charge is 0.337 e. The standard InChI is InChI=1S/C15H15ClN2O4S/c1-10(11-5-7-17-8-6-11)18-23(20,21)14-9-12(15(19)22-2)3-4-13(14)16/h3-10,18H,1-2H3. The summed E-state index contributed by atoms with van der Waals surface area (Å²) in [5.41, 5.74) is 0.859. The number of nitrogens with zero attached hydrogens (tertiary/aromatic N) is 1. The lowest BCUT2D eigenvalue weighted by Gasteiger charge is -2.15. The number of sulfonamides is 1. The molecule has 1 N–H and O–H groups in total. The Morgan fingerprint density at radius 2 is 1.91 bits per heavy atom. The summed E-state index contributed by atoms with van der Waals surface area (Å²) in [6.07, 6.45) is 3.15. The molecule has 0 aliphatic rings. The lowest BCUT2D eigenvalue weighted by Crippen LogP contribution is -2.27. The highest BCUT2D eigenvalue weighted by Crippen LogP contribution is 2.25. The number of halogens is 1. The van der Waals surface area contributed by atoms with Crippen LogP contribution < -0.4 is 4.72 Å². The molecular weight excluding hydrogens is 340 g/mol. The van der Waals surface area contributed by atoms with Gasteiger partial charge < -0.3 is 4.74 Å². The van der Waals surface area contributed by atoms with Gasteiger partial charge in [0.2, 0.25) is 10.0 Å². The number of ether oxygens (including phenoxy) is 1. The van der Waals surface area contributed by atoms with Crippen molar-refractivity contribution in [2.45, 2.75) is 17.9 Å². The van der Waals surface area contributed by atoms with Gasteiger partial charge in [0.1, 0.15) is 4.90 Å². The van der Waals surface area contributed by atoms with E-state index in [1.165, 1.54) is 25.3 Å². The molecule has 2 aromatic rings.